The fourth-order valence-electron chi connectivity index (χ4n) is 4.77. The molecule has 4 rings (SSSR count). The lowest BCUT2D eigenvalue weighted by Crippen LogP contribution is -2.57. The van der Waals surface area contributed by atoms with E-state index in [0.29, 0.717) is 58.4 Å². The second kappa shape index (κ2) is 10.4. The van der Waals surface area contributed by atoms with E-state index in [1.165, 1.54) is 0 Å². The number of benzene rings is 2. The molecule has 1 N–H and O–H groups in total. The molecule has 0 bridgehead atoms. The van der Waals surface area contributed by atoms with Crippen LogP contribution in [-0.4, -0.2) is 53.8 Å². The van der Waals surface area contributed by atoms with Crippen LogP contribution in [0.2, 0.25) is 15.1 Å². The number of nitrogens with one attached hydrogen (secondary N) is 1. The molecule has 1 saturated carbocycles. The van der Waals surface area contributed by atoms with Gasteiger partial charge in [0.1, 0.15) is 0 Å². The molecule has 1 heterocycles. The van der Waals surface area contributed by atoms with Gasteiger partial charge in [0.15, 0.2) is 0 Å². The zero-order valence-electron chi connectivity index (χ0n) is 17.7. The number of amides is 2. The maximum absolute atomic E-state index is 13.3. The van der Waals surface area contributed by atoms with E-state index in [-0.39, 0.29) is 17.9 Å². The van der Waals surface area contributed by atoms with Gasteiger partial charge in [-0.25, -0.2) is 0 Å². The molecule has 5 nitrogen and oxygen atoms in total. The van der Waals surface area contributed by atoms with Gasteiger partial charge in [-0.2, -0.15) is 0 Å². The minimum absolute atomic E-state index is 0.000288. The number of rotatable bonds is 5. The molecular formula is C24H26Cl3N3O2. The van der Waals surface area contributed by atoms with Gasteiger partial charge in [0.25, 0.3) is 5.91 Å². The number of carbonyl (C=O) groups is 2. The van der Waals surface area contributed by atoms with E-state index in [4.69, 9.17) is 34.8 Å². The maximum Gasteiger partial charge on any atom is 0.255 e. The van der Waals surface area contributed by atoms with Crippen molar-refractivity contribution in [1.82, 2.24) is 9.80 Å². The number of nitrogens with zero attached hydrogens (tertiary/aromatic N) is 2. The molecule has 0 unspecified atom stereocenters. The van der Waals surface area contributed by atoms with Gasteiger partial charge >= 0.3 is 0 Å². The summed E-state index contributed by atoms with van der Waals surface area (Å²) in [5, 5.41) is 4.50. The van der Waals surface area contributed by atoms with Gasteiger partial charge in [0, 0.05) is 41.9 Å². The molecule has 32 heavy (non-hydrogen) atoms. The number of carbonyl (C=O) groups excluding carboxylic acids is 2. The zero-order chi connectivity index (χ0) is 22.7. The van der Waals surface area contributed by atoms with Gasteiger partial charge in [-0.15, -0.1) is 0 Å². The van der Waals surface area contributed by atoms with E-state index in [2.05, 4.69) is 10.2 Å². The highest BCUT2D eigenvalue weighted by Gasteiger charge is 2.37. The van der Waals surface area contributed by atoms with Crippen molar-refractivity contribution < 1.29 is 9.59 Å². The summed E-state index contributed by atoms with van der Waals surface area (Å²) in [5.74, 6) is 0.217. The van der Waals surface area contributed by atoms with E-state index in [1.807, 2.05) is 12.1 Å². The lowest BCUT2D eigenvalue weighted by molar-refractivity contribution is -0.123. The summed E-state index contributed by atoms with van der Waals surface area (Å²) in [6.45, 7) is 2.37. The standard InChI is InChI=1S/C24H26Cl3N3O2/c25-17-6-3-7-19(14-17)28-23(31)22(16-4-1-2-5-16)29-10-12-30(13-11-29)24(32)20-9-8-18(26)15-21(20)27/h3,6-9,14-16,22H,1-2,4-5,10-13H2,(H,28,31)/t22-/m0/s1. The molecule has 0 spiro atoms. The Hall–Kier alpha value is -1.79. The summed E-state index contributed by atoms with van der Waals surface area (Å²) in [6, 6.07) is 11.9. The van der Waals surface area contributed by atoms with Crippen LogP contribution in [0.25, 0.3) is 0 Å². The fraction of sp³-hybridized carbons (Fsp3) is 0.417. The quantitative estimate of drug-likeness (QED) is 0.588. The van der Waals surface area contributed by atoms with Gasteiger partial charge < -0.3 is 10.2 Å². The number of anilines is 1. The second-order valence-corrected chi connectivity index (χ2v) is 9.72. The second-order valence-electron chi connectivity index (χ2n) is 8.44. The van der Waals surface area contributed by atoms with Crippen LogP contribution in [0, 0.1) is 5.92 Å². The van der Waals surface area contributed by atoms with Crippen LogP contribution in [0.3, 0.4) is 0 Å². The number of piperazine rings is 1. The third-order valence-corrected chi connectivity index (χ3v) is 7.15. The summed E-state index contributed by atoms with van der Waals surface area (Å²) < 4.78 is 0. The molecule has 0 aromatic heterocycles. The molecule has 2 amide bonds. The van der Waals surface area contributed by atoms with E-state index >= 15 is 0 Å². The molecule has 2 aromatic rings. The first-order chi connectivity index (χ1) is 15.4. The summed E-state index contributed by atoms with van der Waals surface area (Å²) in [7, 11) is 0. The highest BCUT2D eigenvalue weighted by atomic mass is 35.5. The topological polar surface area (TPSA) is 52.7 Å². The van der Waals surface area contributed by atoms with E-state index in [0.717, 1.165) is 25.7 Å². The monoisotopic (exact) mass is 493 g/mol. The van der Waals surface area contributed by atoms with Gasteiger partial charge in [-0.1, -0.05) is 53.7 Å². The predicted molar refractivity (Wildman–Crippen MR) is 130 cm³/mol. The summed E-state index contributed by atoms with van der Waals surface area (Å²) in [4.78, 5) is 30.3. The Kier molecular flexibility index (Phi) is 7.62. The van der Waals surface area contributed by atoms with Crippen molar-refractivity contribution >= 4 is 52.3 Å². The van der Waals surface area contributed by atoms with Crippen molar-refractivity contribution in [2.24, 2.45) is 5.92 Å². The highest BCUT2D eigenvalue weighted by molar-refractivity contribution is 6.36. The number of halogens is 3. The lowest BCUT2D eigenvalue weighted by atomic mass is 9.94. The van der Waals surface area contributed by atoms with Crippen molar-refractivity contribution in [3.8, 4) is 0 Å². The van der Waals surface area contributed by atoms with Crippen LogP contribution in [0.5, 0.6) is 0 Å². The largest absolute Gasteiger partial charge is 0.336 e. The molecule has 0 radical (unpaired) electrons. The van der Waals surface area contributed by atoms with Crippen LogP contribution >= 0.6 is 34.8 Å². The first kappa shape index (κ1) is 23.4. The van der Waals surface area contributed by atoms with Gasteiger partial charge in [0.05, 0.1) is 16.6 Å². The van der Waals surface area contributed by atoms with Crippen molar-refractivity contribution in [2.45, 2.75) is 31.7 Å². The van der Waals surface area contributed by atoms with Crippen molar-refractivity contribution in [2.75, 3.05) is 31.5 Å². The van der Waals surface area contributed by atoms with Crippen LogP contribution in [0.4, 0.5) is 5.69 Å². The molecule has 2 aromatic carbocycles. The summed E-state index contributed by atoms with van der Waals surface area (Å²) in [5.41, 5.74) is 1.16. The Bertz CT molecular complexity index is 986. The highest BCUT2D eigenvalue weighted by Crippen LogP contribution is 2.32. The normalized spacial score (nSPS) is 18.5. The summed E-state index contributed by atoms with van der Waals surface area (Å²) in [6.07, 6.45) is 4.40. The fourth-order valence-corrected chi connectivity index (χ4v) is 5.45. The Morgan fingerprint density at radius 3 is 2.25 bits per heavy atom. The number of hydrogen-bond acceptors (Lipinski definition) is 3. The molecule has 8 heteroatoms. The smallest absolute Gasteiger partial charge is 0.255 e. The molecule has 1 saturated heterocycles. The molecule has 170 valence electrons. The molecule has 2 aliphatic rings. The van der Waals surface area contributed by atoms with Gasteiger partial charge in [-0.3, -0.25) is 14.5 Å². The molecule has 1 aliphatic carbocycles. The third kappa shape index (κ3) is 5.40. The van der Waals surface area contributed by atoms with Crippen LogP contribution in [0.15, 0.2) is 42.5 Å². The minimum atomic E-state index is -0.215. The van der Waals surface area contributed by atoms with Crippen molar-refractivity contribution in [3.05, 3.63) is 63.1 Å². The Balaban J connectivity index is 1.44. The minimum Gasteiger partial charge on any atom is -0.336 e. The van der Waals surface area contributed by atoms with Gasteiger partial charge in [-0.05, 0) is 55.2 Å². The van der Waals surface area contributed by atoms with E-state index in [1.54, 1.807) is 35.2 Å². The first-order valence-corrected chi connectivity index (χ1v) is 12.1. The van der Waals surface area contributed by atoms with E-state index < -0.39 is 0 Å². The third-order valence-electron chi connectivity index (χ3n) is 6.36. The van der Waals surface area contributed by atoms with Gasteiger partial charge in [0.2, 0.25) is 5.91 Å². The SMILES string of the molecule is O=C(Nc1cccc(Cl)c1)[C@H](C1CCCC1)N1CCN(C(=O)c2ccc(Cl)cc2Cl)CC1. The van der Waals surface area contributed by atoms with Crippen molar-refractivity contribution in [1.29, 1.82) is 0 Å². The summed E-state index contributed by atoms with van der Waals surface area (Å²) >= 11 is 18.3. The first-order valence-electron chi connectivity index (χ1n) is 11.0. The molecule has 2 fully saturated rings. The van der Waals surface area contributed by atoms with Crippen molar-refractivity contribution in [3.63, 3.8) is 0 Å². The average molecular weight is 495 g/mol. The zero-order valence-corrected chi connectivity index (χ0v) is 20.0. The predicted octanol–water partition coefficient (Wildman–Crippen LogP) is 5.60. The average Bonchev–Trinajstić information content (AvgIpc) is 3.28. The molecule has 1 atom stereocenters. The molecular weight excluding hydrogens is 469 g/mol. The molecule has 1 aliphatic heterocycles. The van der Waals surface area contributed by atoms with Crippen LogP contribution < -0.4 is 5.32 Å². The van der Waals surface area contributed by atoms with Crippen LogP contribution in [-0.2, 0) is 4.79 Å². The number of hydrogen-bond donors (Lipinski definition) is 1. The Labute approximate surface area is 203 Å². The lowest BCUT2D eigenvalue weighted by Gasteiger charge is -2.40. The Morgan fingerprint density at radius 1 is 0.906 bits per heavy atom. The Morgan fingerprint density at radius 2 is 1.59 bits per heavy atom. The maximum atomic E-state index is 13.3. The van der Waals surface area contributed by atoms with Crippen LogP contribution in [0.1, 0.15) is 36.0 Å². The van der Waals surface area contributed by atoms with E-state index in [9.17, 15) is 9.59 Å².